The SMILES string of the molecule is NC(=O)Nc1cc(C(F)(F)F)c(Cl)cn1. The molecule has 1 aromatic rings. The van der Waals surface area contributed by atoms with E-state index in [1.807, 2.05) is 5.32 Å². The molecule has 0 spiro atoms. The molecule has 0 saturated carbocycles. The van der Waals surface area contributed by atoms with Crippen molar-refractivity contribution in [1.29, 1.82) is 0 Å². The van der Waals surface area contributed by atoms with Gasteiger partial charge < -0.3 is 5.73 Å². The minimum atomic E-state index is -4.60. The second kappa shape index (κ2) is 3.93. The highest BCUT2D eigenvalue weighted by Gasteiger charge is 2.33. The molecule has 1 aromatic heterocycles. The second-order valence-electron chi connectivity index (χ2n) is 2.54. The van der Waals surface area contributed by atoms with Crippen molar-refractivity contribution < 1.29 is 18.0 Å². The van der Waals surface area contributed by atoms with E-state index in [4.69, 9.17) is 17.3 Å². The molecule has 15 heavy (non-hydrogen) atoms. The Morgan fingerprint density at radius 3 is 2.60 bits per heavy atom. The number of carbonyl (C=O) groups excluding carboxylic acids is 1. The predicted octanol–water partition coefficient (Wildman–Crippen LogP) is 2.24. The van der Waals surface area contributed by atoms with E-state index in [-0.39, 0.29) is 5.82 Å². The Kier molecular flexibility index (Phi) is 3.04. The first kappa shape index (κ1) is 11.6. The number of urea groups is 1. The lowest BCUT2D eigenvalue weighted by atomic mass is 10.2. The van der Waals surface area contributed by atoms with E-state index < -0.39 is 22.8 Å². The van der Waals surface area contributed by atoms with Crippen LogP contribution in [-0.4, -0.2) is 11.0 Å². The van der Waals surface area contributed by atoms with Crippen LogP contribution >= 0.6 is 11.6 Å². The zero-order chi connectivity index (χ0) is 11.6. The Bertz CT molecular complexity index is 394. The van der Waals surface area contributed by atoms with Crippen LogP contribution < -0.4 is 11.1 Å². The molecular formula is C7H5ClF3N3O. The van der Waals surface area contributed by atoms with Crippen molar-refractivity contribution in [2.24, 2.45) is 5.73 Å². The molecule has 1 rings (SSSR count). The Balaban J connectivity index is 3.11. The molecule has 0 atom stereocenters. The van der Waals surface area contributed by atoms with E-state index >= 15 is 0 Å². The Hall–Kier alpha value is -1.50. The number of nitrogens with zero attached hydrogens (tertiary/aromatic N) is 1. The van der Waals surface area contributed by atoms with Crippen molar-refractivity contribution in [2.45, 2.75) is 6.18 Å². The van der Waals surface area contributed by atoms with Crippen LogP contribution in [0.5, 0.6) is 0 Å². The molecule has 0 aliphatic heterocycles. The molecule has 0 unspecified atom stereocenters. The number of amides is 2. The van der Waals surface area contributed by atoms with Gasteiger partial charge in [-0.2, -0.15) is 13.2 Å². The third-order valence-electron chi connectivity index (χ3n) is 1.41. The third kappa shape index (κ3) is 2.98. The molecule has 4 nitrogen and oxygen atoms in total. The van der Waals surface area contributed by atoms with E-state index in [1.54, 1.807) is 0 Å². The van der Waals surface area contributed by atoms with E-state index in [0.29, 0.717) is 6.07 Å². The van der Waals surface area contributed by atoms with Crippen LogP contribution in [0.4, 0.5) is 23.8 Å². The fourth-order valence-electron chi connectivity index (χ4n) is 0.851. The van der Waals surface area contributed by atoms with Gasteiger partial charge in [0.05, 0.1) is 10.6 Å². The van der Waals surface area contributed by atoms with Crippen molar-refractivity contribution in [3.8, 4) is 0 Å². The van der Waals surface area contributed by atoms with E-state index in [0.717, 1.165) is 6.20 Å². The van der Waals surface area contributed by atoms with Gasteiger partial charge in [-0.1, -0.05) is 11.6 Å². The molecule has 82 valence electrons. The minimum Gasteiger partial charge on any atom is -0.351 e. The summed E-state index contributed by atoms with van der Waals surface area (Å²) in [5.74, 6) is -0.306. The Morgan fingerprint density at radius 2 is 2.13 bits per heavy atom. The average molecular weight is 240 g/mol. The van der Waals surface area contributed by atoms with Gasteiger partial charge in [0, 0.05) is 6.20 Å². The maximum atomic E-state index is 12.3. The maximum absolute atomic E-state index is 12.3. The molecule has 0 aliphatic carbocycles. The number of primary amides is 1. The number of anilines is 1. The van der Waals surface area contributed by atoms with Gasteiger partial charge in [-0.05, 0) is 6.07 Å². The van der Waals surface area contributed by atoms with Crippen LogP contribution in [0.2, 0.25) is 5.02 Å². The smallest absolute Gasteiger partial charge is 0.351 e. The van der Waals surface area contributed by atoms with Crippen LogP contribution in [0.1, 0.15) is 5.56 Å². The molecule has 0 bridgehead atoms. The van der Waals surface area contributed by atoms with Crippen LogP contribution in [0.15, 0.2) is 12.3 Å². The largest absolute Gasteiger partial charge is 0.418 e. The Labute approximate surface area is 87.2 Å². The highest BCUT2D eigenvalue weighted by molar-refractivity contribution is 6.31. The van der Waals surface area contributed by atoms with Gasteiger partial charge in [-0.3, -0.25) is 5.32 Å². The van der Waals surface area contributed by atoms with Crippen molar-refractivity contribution in [3.05, 3.63) is 22.8 Å². The third-order valence-corrected chi connectivity index (χ3v) is 1.71. The van der Waals surface area contributed by atoms with Crippen LogP contribution in [0.3, 0.4) is 0 Å². The van der Waals surface area contributed by atoms with Crippen molar-refractivity contribution in [1.82, 2.24) is 4.98 Å². The standard InChI is InChI=1S/C7H5ClF3N3O/c8-4-2-13-5(14-6(12)15)1-3(4)7(9,10)11/h1-2H,(H3,12,13,14,15). The zero-order valence-electron chi connectivity index (χ0n) is 7.10. The van der Waals surface area contributed by atoms with Gasteiger partial charge in [0.25, 0.3) is 0 Å². The summed E-state index contributed by atoms with van der Waals surface area (Å²) in [6.07, 6.45) is -3.82. The molecule has 8 heteroatoms. The first-order valence-electron chi connectivity index (χ1n) is 3.60. The summed E-state index contributed by atoms with van der Waals surface area (Å²) >= 11 is 5.29. The molecule has 0 fully saturated rings. The lowest BCUT2D eigenvalue weighted by molar-refractivity contribution is -0.137. The number of halogens is 4. The summed E-state index contributed by atoms with van der Waals surface area (Å²) in [7, 11) is 0. The van der Waals surface area contributed by atoms with Crippen molar-refractivity contribution >= 4 is 23.4 Å². The number of pyridine rings is 1. The number of rotatable bonds is 1. The number of nitrogens with one attached hydrogen (secondary N) is 1. The van der Waals surface area contributed by atoms with E-state index in [9.17, 15) is 18.0 Å². The summed E-state index contributed by atoms with van der Waals surface area (Å²) in [5.41, 5.74) is 3.64. The first-order valence-corrected chi connectivity index (χ1v) is 3.97. The number of hydrogen-bond donors (Lipinski definition) is 2. The van der Waals surface area contributed by atoms with Gasteiger partial charge >= 0.3 is 12.2 Å². The number of aromatic nitrogens is 1. The van der Waals surface area contributed by atoms with Gasteiger partial charge in [-0.25, -0.2) is 9.78 Å². The Morgan fingerprint density at radius 1 is 1.53 bits per heavy atom. The number of alkyl halides is 3. The summed E-state index contributed by atoms with van der Waals surface area (Å²) in [6, 6.07) is -0.398. The lowest BCUT2D eigenvalue weighted by Gasteiger charge is -2.09. The molecule has 2 amide bonds. The molecule has 1 heterocycles. The molecule has 0 saturated heterocycles. The topological polar surface area (TPSA) is 68.0 Å². The summed E-state index contributed by atoms with van der Waals surface area (Å²) in [6.45, 7) is 0. The second-order valence-corrected chi connectivity index (χ2v) is 2.94. The maximum Gasteiger partial charge on any atom is 0.418 e. The summed E-state index contributed by atoms with van der Waals surface area (Å²) in [5, 5.41) is 1.37. The predicted molar refractivity (Wildman–Crippen MR) is 47.5 cm³/mol. The van der Waals surface area contributed by atoms with Crippen LogP contribution in [0.25, 0.3) is 0 Å². The van der Waals surface area contributed by atoms with Crippen LogP contribution in [-0.2, 0) is 6.18 Å². The molecule has 3 N–H and O–H groups in total. The molecule has 0 radical (unpaired) electrons. The summed E-state index contributed by atoms with van der Waals surface area (Å²) < 4.78 is 36.9. The number of hydrogen-bond acceptors (Lipinski definition) is 2. The van der Waals surface area contributed by atoms with Gasteiger partial charge in [0.2, 0.25) is 0 Å². The number of nitrogens with two attached hydrogens (primary N) is 1. The van der Waals surface area contributed by atoms with Crippen molar-refractivity contribution in [2.75, 3.05) is 5.32 Å². The van der Waals surface area contributed by atoms with E-state index in [1.165, 1.54) is 0 Å². The molecule has 0 aromatic carbocycles. The summed E-state index contributed by atoms with van der Waals surface area (Å²) in [4.78, 5) is 13.8. The van der Waals surface area contributed by atoms with Crippen LogP contribution in [0, 0.1) is 0 Å². The monoisotopic (exact) mass is 239 g/mol. The zero-order valence-corrected chi connectivity index (χ0v) is 7.86. The fraction of sp³-hybridized carbons (Fsp3) is 0.143. The molecular weight excluding hydrogens is 235 g/mol. The highest BCUT2D eigenvalue weighted by Crippen LogP contribution is 2.35. The minimum absolute atomic E-state index is 0.306. The number of carbonyl (C=O) groups is 1. The average Bonchev–Trinajstić information content (AvgIpc) is 2.05. The van der Waals surface area contributed by atoms with Crippen molar-refractivity contribution in [3.63, 3.8) is 0 Å². The highest BCUT2D eigenvalue weighted by atomic mass is 35.5. The quantitative estimate of drug-likeness (QED) is 0.789. The lowest BCUT2D eigenvalue weighted by Crippen LogP contribution is -2.20. The van der Waals surface area contributed by atoms with Gasteiger partial charge in [0.1, 0.15) is 5.82 Å². The fourth-order valence-corrected chi connectivity index (χ4v) is 1.06. The first-order chi connectivity index (χ1) is 6.80. The van der Waals surface area contributed by atoms with E-state index in [2.05, 4.69) is 4.98 Å². The normalized spacial score (nSPS) is 11.2. The van der Waals surface area contributed by atoms with Gasteiger partial charge in [0.15, 0.2) is 0 Å². The molecule has 0 aliphatic rings. The van der Waals surface area contributed by atoms with Gasteiger partial charge in [-0.15, -0.1) is 0 Å².